The van der Waals surface area contributed by atoms with Crippen molar-refractivity contribution in [2.45, 2.75) is 57.5 Å². The second-order valence-corrected chi connectivity index (χ2v) is 5.59. The van der Waals surface area contributed by atoms with Crippen molar-refractivity contribution < 1.29 is 15.0 Å². The van der Waals surface area contributed by atoms with Crippen LogP contribution in [0.25, 0.3) is 0 Å². The van der Waals surface area contributed by atoms with Crippen LogP contribution in [0.3, 0.4) is 0 Å². The Hall–Kier alpha value is -0.610. The maximum Gasteiger partial charge on any atom is 0.324 e. The summed E-state index contributed by atoms with van der Waals surface area (Å²) < 4.78 is 0. The van der Waals surface area contributed by atoms with Crippen LogP contribution in [0.2, 0.25) is 0 Å². The van der Waals surface area contributed by atoms with Crippen LogP contribution in [-0.2, 0) is 4.79 Å². The quantitative estimate of drug-likeness (QED) is 0.681. The summed E-state index contributed by atoms with van der Waals surface area (Å²) >= 11 is 0. The van der Waals surface area contributed by atoms with Gasteiger partial charge in [-0.05, 0) is 32.6 Å². The number of hydrogen-bond acceptors (Lipinski definition) is 3. The Morgan fingerprint density at radius 1 is 1.50 bits per heavy atom. The second-order valence-electron chi connectivity index (χ2n) is 5.59. The molecule has 0 heterocycles. The molecule has 0 aliphatic heterocycles. The predicted molar refractivity (Wildman–Crippen MR) is 62.3 cm³/mol. The lowest BCUT2D eigenvalue weighted by atomic mass is 9.72. The van der Waals surface area contributed by atoms with Crippen molar-refractivity contribution in [1.82, 2.24) is 5.32 Å². The molecule has 4 heteroatoms. The second kappa shape index (κ2) is 4.72. The fourth-order valence-electron chi connectivity index (χ4n) is 2.55. The summed E-state index contributed by atoms with van der Waals surface area (Å²) in [5, 5.41) is 21.9. The number of carbonyl (C=O) groups is 1. The largest absolute Gasteiger partial charge is 0.480 e. The van der Waals surface area contributed by atoms with Crippen LogP contribution in [0.5, 0.6) is 0 Å². The molecule has 0 saturated heterocycles. The van der Waals surface area contributed by atoms with Crippen molar-refractivity contribution in [3.63, 3.8) is 0 Å². The van der Waals surface area contributed by atoms with Crippen LogP contribution in [-0.4, -0.2) is 33.9 Å². The summed E-state index contributed by atoms with van der Waals surface area (Å²) in [5.41, 5.74) is -1.42. The van der Waals surface area contributed by atoms with E-state index in [4.69, 9.17) is 0 Å². The highest BCUT2D eigenvalue weighted by molar-refractivity contribution is 5.79. The molecule has 0 amide bonds. The van der Waals surface area contributed by atoms with E-state index in [1.807, 2.05) is 20.8 Å². The van der Waals surface area contributed by atoms with Gasteiger partial charge in [-0.15, -0.1) is 0 Å². The Labute approximate surface area is 97.0 Å². The van der Waals surface area contributed by atoms with Crippen LogP contribution in [0.4, 0.5) is 0 Å². The summed E-state index contributed by atoms with van der Waals surface area (Å²) in [5.74, 6) is -0.689. The smallest absolute Gasteiger partial charge is 0.324 e. The van der Waals surface area contributed by atoms with Gasteiger partial charge in [0.05, 0.1) is 6.61 Å². The number of nitrogens with one attached hydrogen (secondary N) is 1. The van der Waals surface area contributed by atoms with Crippen LogP contribution >= 0.6 is 0 Å². The average molecular weight is 229 g/mol. The zero-order valence-electron chi connectivity index (χ0n) is 10.4. The van der Waals surface area contributed by atoms with E-state index in [2.05, 4.69) is 5.32 Å². The van der Waals surface area contributed by atoms with E-state index in [1.165, 1.54) is 0 Å². The number of hydrogen-bond donors (Lipinski definition) is 3. The lowest BCUT2D eigenvalue weighted by molar-refractivity contribution is -0.150. The lowest BCUT2D eigenvalue weighted by Crippen LogP contribution is -2.65. The number of carboxylic acids is 1. The summed E-state index contributed by atoms with van der Waals surface area (Å²) in [6, 6.07) is 0. The highest BCUT2D eigenvalue weighted by Gasteiger charge is 2.47. The van der Waals surface area contributed by atoms with Gasteiger partial charge in [0.1, 0.15) is 5.54 Å². The third kappa shape index (κ3) is 2.55. The Morgan fingerprint density at radius 2 is 2.12 bits per heavy atom. The van der Waals surface area contributed by atoms with Crippen molar-refractivity contribution in [3.8, 4) is 0 Å². The standard InChI is InChI=1S/C12H23NO3/c1-9-6-4-5-7-12(9,10(15)16)13-11(2,3)8-14/h9,13-14H,4-8H2,1-3H3,(H,15,16). The van der Waals surface area contributed by atoms with Crippen LogP contribution in [0.15, 0.2) is 0 Å². The molecule has 94 valence electrons. The van der Waals surface area contributed by atoms with Gasteiger partial charge in [0.2, 0.25) is 0 Å². The fraction of sp³-hybridized carbons (Fsp3) is 0.917. The van der Waals surface area contributed by atoms with Crippen LogP contribution < -0.4 is 5.32 Å². The van der Waals surface area contributed by atoms with Crippen molar-refractivity contribution in [2.24, 2.45) is 5.92 Å². The Morgan fingerprint density at radius 3 is 2.56 bits per heavy atom. The highest BCUT2D eigenvalue weighted by Crippen LogP contribution is 2.35. The molecule has 0 radical (unpaired) electrons. The maximum atomic E-state index is 11.5. The number of aliphatic carboxylic acids is 1. The Bertz CT molecular complexity index is 265. The summed E-state index contributed by atoms with van der Waals surface area (Å²) in [4.78, 5) is 11.5. The van der Waals surface area contributed by atoms with Crippen molar-refractivity contribution in [1.29, 1.82) is 0 Å². The minimum absolute atomic E-state index is 0.0608. The molecule has 0 aromatic rings. The van der Waals surface area contributed by atoms with Crippen molar-refractivity contribution in [3.05, 3.63) is 0 Å². The van der Waals surface area contributed by atoms with Gasteiger partial charge in [-0.2, -0.15) is 0 Å². The van der Waals surface area contributed by atoms with E-state index >= 15 is 0 Å². The number of rotatable bonds is 4. The van der Waals surface area contributed by atoms with Crippen molar-refractivity contribution in [2.75, 3.05) is 6.61 Å². The third-order valence-corrected chi connectivity index (χ3v) is 3.64. The molecule has 1 aliphatic carbocycles. The van der Waals surface area contributed by atoms with Crippen LogP contribution in [0.1, 0.15) is 46.5 Å². The lowest BCUT2D eigenvalue weighted by Gasteiger charge is -2.44. The molecule has 1 saturated carbocycles. The van der Waals surface area contributed by atoms with E-state index in [9.17, 15) is 15.0 Å². The summed E-state index contributed by atoms with van der Waals surface area (Å²) in [6.45, 7) is 5.58. The third-order valence-electron chi connectivity index (χ3n) is 3.64. The molecule has 2 atom stereocenters. The van der Waals surface area contributed by atoms with Gasteiger partial charge in [-0.1, -0.05) is 19.8 Å². The monoisotopic (exact) mass is 229 g/mol. The van der Waals surface area contributed by atoms with E-state index in [-0.39, 0.29) is 12.5 Å². The molecule has 1 fully saturated rings. The average Bonchev–Trinajstić information content (AvgIpc) is 2.21. The first-order valence-corrected chi connectivity index (χ1v) is 5.98. The zero-order valence-corrected chi connectivity index (χ0v) is 10.4. The van der Waals surface area contributed by atoms with E-state index in [0.29, 0.717) is 6.42 Å². The summed E-state index contributed by atoms with van der Waals surface area (Å²) in [7, 11) is 0. The molecular formula is C12H23NO3. The molecular weight excluding hydrogens is 206 g/mol. The number of carboxylic acid groups (broad SMARTS) is 1. The first kappa shape index (κ1) is 13.5. The minimum atomic E-state index is -0.871. The van der Waals surface area contributed by atoms with Crippen LogP contribution in [0, 0.1) is 5.92 Å². The van der Waals surface area contributed by atoms with Gasteiger partial charge in [-0.25, -0.2) is 0 Å². The Kier molecular flexibility index (Phi) is 3.97. The first-order valence-electron chi connectivity index (χ1n) is 5.98. The molecule has 4 nitrogen and oxygen atoms in total. The van der Waals surface area contributed by atoms with E-state index < -0.39 is 17.0 Å². The molecule has 2 unspecified atom stereocenters. The normalized spacial score (nSPS) is 31.4. The van der Waals surface area contributed by atoms with Crippen molar-refractivity contribution >= 4 is 5.97 Å². The minimum Gasteiger partial charge on any atom is -0.480 e. The summed E-state index contributed by atoms with van der Waals surface area (Å²) in [6.07, 6.45) is 3.61. The zero-order chi connectivity index (χ0) is 12.4. The first-order chi connectivity index (χ1) is 7.34. The van der Waals surface area contributed by atoms with E-state index in [0.717, 1.165) is 19.3 Å². The molecule has 1 aliphatic rings. The number of aliphatic hydroxyl groups excluding tert-OH is 1. The molecule has 0 spiro atoms. The molecule has 3 N–H and O–H groups in total. The maximum absolute atomic E-state index is 11.5. The van der Waals surface area contributed by atoms with Gasteiger partial charge in [-0.3, -0.25) is 10.1 Å². The fourth-order valence-corrected chi connectivity index (χ4v) is 2.55. The molecule has 0 bridgehead atoms. The van der Waals surface area contributed by atoms with E-state index in [1.54, 1.807) is 0 Å². The van der Waals surface area contributed by atoms with Gasteiger partial charge in [0.25, 0.3) is 0 Å². The van der Waals surface area contributed by atoms with Gasteiger partial charge < -0.3 is 10.2 Å². The molecule has 1 rings (SSSR count). The predicted octanol–water partition coefficient (Wildman–Crippen LogP) is 1.38. The number of aliphatic hydroxyl groups is 1. The van der Waals surface area contributed by atoms with Gasteiger partial charge in [0, 0.05) is 5.54 Å². The highest BCUT2D eigenvalue weighted by atomic mass is 16.4. The molecule has 16 heavy (non-hydrogen) atoms. The topological polar surface area (TPSA) is 69.6 Å². The van der Waals surface area contributed by atoms with Gasteiger partial charge >= 0.3 is 5.97 Å². The van der Waals surface area contributed by atoms with Gasteiger partial charge in [0.15, 0.2) is 0 Å². The molecule has 0 aromatic heterocycles. The Balaban J connectivity index is 2.92. The molecule has 0 aromatic carbocycles. The SMILES string of the molecule is CC1CCCCC1(NC(C)(C)CO)C(=O)O.